The molecule has 1 aliphatic rings. The molecule has 1 rings (SSSR count). The molecule has 2 atom stereocenters. The summed E-state index contributed by atoms with van der Waals surface area (Å²) in [5, 5.41) is 11.9. The minimum Gasteiger partial charge on any atom is -0.445 e. The molecule has 1 aliphatic heterocycles. The number of rotatable bonds is 6. The second-order valence-corrected chi connectivity index (χ2v) is 4.32. The Bertz CT molecular complexity index is 372. The summed E-state index contributed by atoms with van der Waals surface area (Å²) in [4.78, 5) is 24.6. The summed E-state index contributed by atoms with van der Waals surface area (Å²) in [6.07, 6.45) is 2.26. The third kappa shape index (κ3) is 4.58. The molecule has 0 radical (unpaired) electrons. The lowest BCUT2D eigenvalue weighted by Gasteiger charge is -2.21. The molecule has 1 heterocycles. The van der Waals surface area contributed by atoms with Crippen LogP contribution in [0.15, 0.2) is 25.3 Å². The van der Waals surface area contributed by atoms with Crippen molar-refractivity contribution >= 4 is 12.2 Å². The second kappa shape index (κ2) is 8.21. The molecule has 0 aromatic heterocycles. The average molecular weight is 284 g/mol. The van der Waals surface area contributed by atoms with Gasteiger partial charge in [-0.1, -0.05) is 25.3 Å². The lowest BCUT2D eigenvalue weighted by atomic mass is 10.2. The Morgan fingerprint density at radius 3 is 2.55 bits per heavy atom. The van der Waals surface area contributed by atoms with E-state index in [1.165, 1.54) is 17.1 Å². The van der Waals surface area contributed by atoms with E-state index in [0.29, 0.717) is 6.42 Å². The monoisotopic (exact) mass is 284 g/mol. The van der Waals surface area contributed by atoms with Crippen molar-refractivity contribution < 1.29 is 24.2 Å². The number of hydrogen-bond donors (Lipinski definition) is 2. The molecule has 112 valence electrons. The van der Waals surface area contributed by atoms with Crippen molar-refractivity contribution in [2.75, 3.05) is 26.4 Å². The lowest BCUT2D eigenvalue weighted by Crippen LogP contribution is -2.40. The Kier molecular flexibility index (Phi) is 6.58. The number of amides is 2. The number of carbonyl (C=O) groups is 2. The summed E-state index contributed by atoms with van der Waals surface area (Å²) >= 11 is 0. The molecule has 0 aromatic carbocycles. The molecular weight excluding hydrogens is 264 g/mol. The maximum atomic E-state index is 11.8. The van der Waals surface area contributed by atoms with E-state index in [0.717, 1.165) is 0 Å². The van der Waals surface area contributed by atoms with Crippen LogP contribution in [0.2, 0.25) is 0 Å². The van der Waals surface area contributed by atoms with Gasteiger partial charge in [0.15, 0.2) is 0 Å². The SMILES string of the molecule is C=CCOC(=O)N[C@H]1C[C@@H](CO)N(C(=O)OCC=C)C1. The molecule has 20 heavy (non-hydrogen) atoms. The summed E-state index contributed by atoms with van der Waals surface area (Å²) < 4.78 is 9.73. The van der Waals surface area contributed by atoms with Crippen molar-refractivity contribution in [2.45, 2.75) is 18.5 Å². The van der Waals surface area contributed by atoms with Gasteiger partial charge < -0.3 is 24.8 Å². The molecule has 0 aromatic rings. The van der Waals surface area contributed by atoms with Crippen LogP contribution in [-0.4, -0.2) is 60.6 Å². The minimum atomic E-state index is -0.576. The second-order valence-electron chi connectivity index (χ2n) is 4.32. The number of likely N-dealkylation sites (tertiary alicyclic amines) is 1. The molecule has 0 saturated carbocycles. The number of hydrogen-bond acceptors (Lipinski definition) is 5. The van der Waals surface area contributed by atoms with Crippen molar-refractivity contribution in [3.05, 3.63) is 25.3 Å². The molecule has 0 bridgehead atoms. The van der Waals surface area contributed by atoms with Gasteiger partial charge in [-0.05, 0) is 6.42 Å². The Morgan fingerprint density at radius 2 is 1.95 bits per heavy atom. The molecular formula is C13H20N2O5. The fourth-order valence-electron chi connectivity index (χ4n) is 1.97. The quantitative estimate of drug-likeness (QED) is 0.699. The fraction of sp³-hybridized carbons (Fsp3) is 0.538. The smallest absolute Gasteiger partial charge is 0.410 e. The summed E-state index contributed by atoms with van der Waals surface area (Å²) in [6.45, 7) is 7.19. The van der Waals surface area contributed by atoms with Crippen molar-refractivity contribution in [3.63, 3.8) is 0 Å². The molecule has 7 nitrogen and oxygen atoms in total. The fourth-order valence-corrected chi connectivity index (χ4v) is 1.97. The molecule has 0 aliphatic carbocycles. The molecule has 2 amide bonds. The molecule has 1 fully saturated rings. The maximum absolute atomic E-state index is 11.8. The third-order valence-corrected chi connectivity index (χ3v) is 2.84. The van der Waals surface area contributed by atoms with Crippen LogP contribution in [-0.2, 0) is 9.47 Å². The van der Waals surface area contributed by atoms with E-state index in [1.807, 2.05) is 0 Å². The van der Waals surface area contributed by atoms with Gasteiger partial charge in [0.25, 0.3) is 0 Å². The summed E-state index contributed by atoms with van der Waals surface area (Å²) in [6, 6.07) is -0.655. The first-order valence-electron chi connectivity index (χ1n) is 6.31. The zero-order chi connectivity index (χ0) is 15.0. The largest absolute Gasteiger partial charge is 0.445 e. The van der Waals surface area contributed by atoms with E-state index >= 15 is 0 Å². The van der Waals surface area contributed by atoms with Crippen LogP contribution >= 0.6 is 0 Å². The number of alkyl carbamates (subject to hydrolysis) is 1. The number of ether oxygens (including phenoxy) is 2. The first kappa shape index (κ1) is 16.0. The van der Waals surface area contributed by atoms with Crippen LogP contribution in [0.4, 0.5) is 9.59 Å². The lowest BCUT2D eigenvalue weighted by molar-refractivity contribution is 0.0922. The van der Waals surface area contributed by atoms with Gasteiger partial charge in [0.2, 0.25) is 0 Å². The van der Waals surface area contributed by atoms with Gasteiger partial charge in [0.1, 0.15) is 13.2 Å². The van der Waals surface area contributed by atoms with E-state index in [4.69, 9.17) is 9.47 Å². The van der Waals surface area contributed by atoms with Crippen LogP contribution < -0.4 is 5.32 Å². The van der Waals surface area contributed by atoms with Crippen molar-refractivity contribution in [2.24, 2.45) is 0 Å². The zero-order valence-corrected chi connectivity index (χ0v) is 11.3. The van der Waals surface area contributed by atoms with Gasteiger partial charge in [-0.15, -0.1) is 0 Å². The zero-order valence-electron chi connectivity index (χ0n) is 11.3. The predicted octanol–water partition coefficient (Wildman–Crippen LogP) is 0.656. The van der Waals surface area contributed by atoms with Crippen LogP contribution in [0.3, 0.4) is 0 Å². The average Bonchev–Trinajstić information content (AvgIpc) is 2.85. The third-order valence-electron chi connectivity index (χ3n) is 2.84. The molecule has 0 unspecified atom stereocenters. The van der Waals surface area contributed by atoms with Crippen molar-refractivity contribution in [1.29, 1.82) is 0 Å². The van der Waals surface area contributed by atoms with Crippen LogP contribution in [0, 0.1) is 0 Å². The van der Waals surface area contributed by atoms with Gasteiger partial charge in [-0.2, -0.15) is 0 Å². The van der Waals surface area contributed by atoms with Crippen LogP contribution in [0.1, 0.15) is 6.42 Å². The number of aliphatic hydroxyl groups is 1. The van der Waals surface area contributed by atoms with Crippen molar-refractivity contribution in [1.82, 2.24) is 10.2 Å². The highest BCUT2D eigenvalue weighted by Gasteiger charge is 2.36. The predicted molar refractivity (Wildman–Crippen MR) is 72.2 cm³/mol. The Hall–Kier alpha value is -2.02. The summed E-state index contributed by atoms with van der Waals surface area (Å²) in [5.41, 5.74) is 0. The number of nitrogens with zero attached hydrogens (tertiary/aromatic N) is 1. The standard InChI is InChI=1S/C13H20N2O5/c1-3-5-19-12(17)14-10-7-11(9-16)15(8-10)13(18)20-6-4-2/h3-4,10-11,16H,1-2,5-9H2,(H,14,17)/t10-,11-/m0/s1. The molecule has 1 saturated heterocycles. The highest BCUT2D eigenvalue weighted by molar-refractivity contribution is 5.70. The number of carbonyl (C=O) groups excluding carboxylic acids is 2. The Balaban J connectivity index is 2.49. The van der Waals surface area contributed by atoms with E-state index in [2.05, 4.69) is 18.5 Å². The van der Waals surface area contributed by atoms with Gasteiger partial charge in [-0.3, -0.25) is 0 Å². The Morgan fingerprint density at radius 1 is 1.30 bits per heavy atom. The topological polar surface area (TPSA) is 88.1 Å². The van der Waals surface area contributed by atoms with E-state index in [-0.39, 0.29) is 38.4 Å². The summed E-state index contributed by atoms with van der Waals surface area (Å²) in [5.74, 6) is 0. The van der Waals surface area contributed by atoms with E-state index in [1.54, 1.807) is 0 Å². The van der Waals surface area contributed by atoms with Gasteiger partial charge >= 0.3 is 12.2 Å². The number of nitrogens with one attached hydrogen (secondary N) is 1. The van der Waals surface area contributed by atoms with Crippen LogP contribution in [0.5, 0.6) is 0 Å². The molecule has 7 heteroatoms. The molecule has 0 spiro atoms. The maximum Gasteiger partial charge on any atom is 0.410 e. The van der Waals surface area contributed by atoms with Crippen LogP contribution in [0.25, 0.3) is 0 Å². The number of aliphatic hydroxyl groups excluding tert-OH is 1. The van der Waals surface area contributed by atoms with Gasteiger partial charge in [0.05, 0.1) is 18.7 Å². The van der Waals surface area contributed by atoms with E-state index in [9.17, 15) is 14.7 Å². The van der Waals surface area contributed by atoms with E-state index < -0.39 is 12.2 Å². The summed E-state index contributed by atoms with van der Waals surface area (Å²) in [7, 11) is 0. The molecule has 2 N–H and O–H groups in total. The first-order chi connectivity index (χ1) is 9.62. The first-order valence-corrected chi connectivity index (χ1v) is 6.31. The minimum absolute atomic E-state index is 0.104. The van der Waals surface area contributed by atoms with Gasteiger partial charge in [-0.25, -0.2) is 9.59 Å². The highest BCUT2D eigenvalue weighted by Crippen LogP contribution is 2.18. The van der Waals surface area contributed by atoms with Gasteiger partial charge in [0, 0.05) is 6.54 Å². The Labute approximate surface area is 117 Å². The normalized spacial score (nSPS) is 21.1. The van der Waals surface area contributed by atoms with Crippen molar-refractivity contribution in [3.8, 4) is 0 Å². The highest BCUT2D eigenvalue weighted by atomic mass is 16.6.